The van der Waals surface area contributed by atoms with Crippen LogP contribution in [0.3, 0.4) is 0 Å². The standard InChI is InChI=1S/C12H17BrN2O2S/c1-8-4-10(13)12-11(5-8)18(16,17)7-9(6-14-2)15(12)3/h4-5,9,14H,6-7H2,1-3H3. The molecule has 1 aromatic carbocycles. The van der Waals surface area contributed by atoms with Gasteiger partial charge in [-0.3, -0.25) is 0 Å². The van der Waals surface area contributed by atoms with Gasteiger partial charge in [-0.25, -0.2) is 8.42 Å². The zero-order chi connectivity index (χ0) is 13.5. The van der Waals surface area contributed by atoms with Crippen molar-refractivity contribution in [2.45, 2.75) is 17.9 Å². The minimum Gasteiger partial charge on any atom is -0.367 e. The molecule has 1 unspecified atom stereocenters. The average Bonchev–Trinajstić information content (AvgIpc) is 2.25. The molecule has 0 aromatic heterocycles. The van der Waals surface area contributed by atoms with Crippen molar-refractivity contribution in [2.24, 2.45) is 0 Å². The molecule has 1 aliphatic rings. The molecule has 0 fully saturated rings. The molecule has 1 atom stereocenters. The van der Waals surface area contributed by atoms with E-state index in [2.05, 4.69) is 21.2 Å². The molecule has 6 heteroatoms. The lowest BCUT2D eigenvalue weighted by Gasteiger charge is -2.36. The van der Waals surface area contributed by atoms with Crippen molar-refractivity contribution in [1.29, 1.82) is 0 Å². The summed E-state index contributed by atoms with van der Waals surface area (Å²) in [7, 11) is 0.571. The monoisotopic (exact) mass is 332 g/mol. The van der Waals surface area contributed by atoms with Crippen LogP contribution in [0.15, 0.2) is 21.5 Å². The molecule has 0 bridgehead atoms. The Labute approximate surface area is 116 Å². The highest BCUT2D eigenvalue weighted by Crippen LogP contribution is 2.39. The summed E-state index contributed by atoms with van der Waals surface area (Å²) in [4.78, 5) is 2.47. The predicted molar refractivity (Wildman–Crippen MR) is 77.0 cm³/mol. The number of fused-ring (bicyclic) bond motifs is 1. The van der Waals surface area contributed by atoms with Gasteiger partial charge in [-0.1, -0.05) is 0 Å². The van der Waals surface area contributed by atoms with E-state index in [9.17, 15) is 8.42 Å². The summed E-state index contributed by atoms with van der Waals surface area (Å²) in [5.41, 5.74) is 1.72. The summed E-state index contributed by atoms with van der Waals surface area (Å²) in [6, 6.07) is 3.67. The molecule has 1 heterocycles. The lowest BCUT2D eigenvalue weighted by atomic mass is 10.2. The van der Waals surface area contributed by atoms with Crippen LogP contribution in [0.1, 0.15) is 5.56 Å². The van der Waals surface area contributed by atoms with Gasteiger partial charge >= 0.3 is 0 Å². The van der Waals surface area contributed by atoms with Crippen LogP contribution in [0, 0.1) is 6.92 Å². The highest BCUT2D eigenvalue weighted by Gasteiger charge is 2.34. The van der Waals surface area contributed by atoms with Crippen molar-refractivity contribution in [2.75, 3.05) is 31.3 Å². The van der Waals surface area contributed by atoms with E-state index in [4.69, 9.17) is 0 Å². The summed E-state index contributed by atoms with van der Waals surface area (Å²) < 4.78 is 25.5. The lowest BCUT2D eigenvalue weighted by molar-refractivity contribution is 0.560. The third kappa shape index (κ3) is 2.29. The van der Waals surface area contributed by atoms with E-state index in [1.54, 1.807) is 6.07 Å². The number of rotatable bonds is 2. The summed E-state index contributed by atoms with van der Waals surface area (Å²) in [5, 5.41) is 3.05. The fourth-order valence-electron chi connectivity index (χ4n) is 2.35. The fourth-order valence-corrected chi connectivity index (χ4v) is 5.28. The maximum absolute atomic E-state index is 12.3. The van der Waals surface area contributed by atoms with Gasteiger partial charge in [-0.2, -0.15) is 0 Å². The molecule has 100 valence electrons. The van der Waals surface area contributed by atoms with Gasteiger partial charge in [0.05, 0.1) is 22.4 Å². The van der Waals surface area contributed by atoms with Crippen molar-refractivity contribution in [3.05, 3.63) is 22.2 Å². The van der Waals surface area contributed by atoms with Gasteiger partial charge in [0, 0.05) is 18.1 Å². The smallest absolute Gasteiger partial charge is 0.182 e. The zero-order valence-corrected chi connectivity index (χ0v) is 13.1. The SMILES string of the molecule is CNCC1CS(=O)(=O)c2cc(C)cc(Br)c2N1C. The second-order valence-corrected chi connectivity index (χ2v) is 7.55. The Morgan fingerprint density at radius 1 is 1.50 bits per heavy atom. The molecular formula is C12H17BrN2O2S. The number of nitrogens with one attached hydrogen (secondary N) is 1. The summed E-state index contributed by atoms with van der Waals surface area (Å²) in [6.07, 6.45) is 0. The molecule has 0 spiro atoms. The molecule has 0 radical (unpaired) electrons. The Kier molecular flexibility index (Phi) is 3.71. The number of hydrogen-bond donors (Lipinski definition) is 1. The Morgan fingerprint density at radius 2 is 2.17 bits per heavy atom. The number of halogens is 1. The summed E-state index contributed by atoms with van der Waals surface area (Å²) in [6.45, 7) is 2.55. The number of hydrogen-bond acceptors (Lipinski definition) is 4. The fraction of sp³-hybridized carbons (Fsp3) is 0.500. The topological polar surface area (TPSA) is 49.4 Å². The van der Waals surface area contributed by atoms with Crippen LogP contribution in [-0.2, 0) is 9.84 Å². The molecule has 0 amide bonds. The van der Waals surface area contributed by atoms with E-state index >= 15 is 0 Å². The minimum atomic E-state index is -3.20. The van der Waals surface area contributed by atoms with Gasteiger partial charge in [0.1, 0.15) is 0 Å². The Morgan fingerprint density at radius 3 is 2.78 bits per heavy atom. The largest absolute Gasteiger partial charge is 0.367 e. The van der Waals surface area contributed by atoms with Gasteiger partial charge in [0.2, 0.25) is 0 Å². The number of sulfone groups is 1. The molecule has 1 aliphatic heterocycles. The van der Waals surface area contributed by atoms with E-state index in [0.717, 1.165) is 15.7 Å². The van der Waals surface area contributed by atoms with Gasteiger partial charge in [-0.05, 0) is 47.6 Å². The molecular weight excluding hydrogens is 316 g/mol. The molecule has 0 saturated heterocycles. The number of likely N-dealkylation sites (N-methyl/N-ethyl adjacent to an activating group) is 2. The van der Waals surface area contributed by atoms with Crippen LogP contribution in [-0.4, -0.2) is 40.9 Å². The van der Waals surface area contributed by atoms with Crippen LogP contribution in [0.2, 0.25) is 0 Å². The van der Waals surface area contributed by atoms with E-state index in [1.165, 1.54) is 0 Å². The number of anilines is 1. The normalized spacial score (nSPS) is 21.8. The second-order valence-electron chi connectivity index (χ2n) is 4.70. The molecule has 0 aliphatic carbocycles. The molecule has 2 rings (SSSR count). The maximum atomic E-state index is 12.3. The number of aryl methyl sites for hydroxylation is 1. The molecule has 0 saturated carbocycles. The third-order valence-electron chi connectivity index (χ3n) is 3.26. The molecule has 18 heavy (non-hydrogen) atoms. The van der Waals surface area contributed by atoms with E-state index < -0.39 is 9.84 Å². The van der Waals surface area contributed by atoms with Gasteiger partial charge < -0.3 is 10.2 Å². The van der Waals surface area contributed by atoms with Gasteiger partial charge in [-0.15, -0.1) is 0 Å². The van der Waals surface area contributed by atoms with Gasteiger partial charge in [0.15, 0.2) is 9.84 Å². The van der Waals surface area contributed by atoms with Crippen LogP contribution >= 0.6 is 15.9 Å². The Balaban J connectivity index is 2.63. The Bertz CT molecular complexity index is 572. The van der Waals surface area contributed by atoms with E-state index in [0.29, 0.717) is 11.4 Å². The van der Waals surface area contributed by atoms with E-state index in [1.807, 2.05) is 32.0 Å². The molecule has 4 nitrogen and oxygen atoms in total. The maximum Gasteiger partial charge on any atom is 0.182 e. The minimum absolute atomic E-state index is 0.0356. The van der Waals surface area contributed by atoms with Crippen molar-refractivity contribution in [1.82, 2.24) is 5.32 Å². The first-order valence-corrected chi connectivity index (χ1v) is 8.21. The molecule has 1 N–H and O–H groups in total. The highest BCUT2D eigenvalue weighted by molar-refractivity contribution is 9.10. The van der Waals surface area contributed by atoms with Gasteiger partial charge in [0.25, 0.3) is 0 Å². The zero-order valence-electron chi connectivity index (χ0n) is 10.7. The lowest BCUT2D eigenvalue weighted by Crippen LogP contribution is -2.47. The summed E-state index contributed by atoms with van der Waals surface area (Å²) in [5.74, 6) is 0.160. The molecule has 1 aromatic rings. The number of nitrogens with zero attached hydrogens (tertiary/aromatic N) is 1. The average molecular weight is 333 g/mol. The first kappa shape index (κ1) is 13.8. The van der Waals surface area contributed by atoms with E-state index in [-0.39, 0.29) is 11.8 Å². The highest BCUT2D eigenvalue weighted by atomic mass is 79.9. The quantitative estimate of drug-likeness (QED) is 0.893. The number of benzene rings is 1. The van der Waals surface area contributed by atoms with Crippen LogP contribution < -0.4 is 10.2 Å². The van der Waals surface area contributed by atoms with Crippen LogP contribution in [0.4, 0.5) is 5.69 Å². The van der Waals surface area contributed by atoms with Crippen molar-refractivity contribution in [3.63, 3.8) is 0 Å². The van der Waals surface area contributed by atoms with Crippen molar-refractivity contribution in [3.8, 4) is 0 Å². The van der Waals surface area contributed by atoms with Crippen molar-refractivity contribution >= 4 is 31.5 Å². The first-order valence-electron chi connectivity index (χ1n) is 5.77. The first-order chi connectivity index (χ1) is 8.36. The van der Waals surface area contributed by atoms with Crippen molar-refractivity contribution < 1.29 is 8.42 Å². The second kappa shape index (κ2) is 4.83. The predicted octanol–water partition coefficient (Wildman–Crippen LogP) is 1.57. The summed E-state index contributed by atoms with van der Waals surface area (Å²) >= 11 is 3.48. The van der Waals surface area contributed by atoms with Crippen LogP contribution in [0.25, 0.3) is 0 Å². The Hall–Kier alpha value is -0.590. The third-order valence-corrected chi connectivity index (χ3v) is 5.67. The van der Waals surface area contributed by atoms with Crippen LogP contribution in [0.5, 0.6) is 0 Å².